The molecular weight excluding hydrogens is 336 g/mol. The molecule has 3 N–H and O–H groups in total. The van der Waals surface area contributed by atoms with Crippen molar-refractivity contribution in [2.75, 3.05) is 0 Å². The van der Waals surface area contributed by atoms with E-state index in [2.05, 4.69) is 4.98 Å². The molecule has 6 heteroatoms. The van der Waals surface area contributed by atoms with Crippen LogP contribution in [0.2, 0.25) is 0 Å². The van der Waals surface area contributed by atoms with Crippen LogP contribution >= 0.6 is 0 Å². The molecule has 3 aromatic rings. The molecule has 4 nitrogen and oxygen atoms in total. The summed E-state index contributed by atoms with van der Waals surface area (Å²) in [6, 6.07) is 12.1. The maximum absolute atomic E-state index is 14.2. The Bertz CT molecular complexity index is 901. The molecule has 1 atom stereocenters. The lowest BCUT2D eigenvalue weighted by molar-refractivity contribution is 0.0477. The molecular formula is C20H21F2N3O. The molecule has 26 heavy (non-hydrogen) atoms. The quantitative estimate of drug-likeness (QED) is 0.733. The lowest BCUT2D eigenvalue weighted by atomic mass is 9.99. The third-order valence-electron chi connectivity index (χ3n) is 4.25. The fraction of sp³-hybridized carbons (Fsp3) is 0.250. The van der Waals surface area contributed by atoms with Gasteiger partial charge in [-0.15, -0.1) is 0 Å². The number of nitrogens with two attached hydrogens (primary N) is 1. The first-order valence-corrected chi connectivity index (χ1v) is 8.30. The van der Waals surface area contributed by atoms with E-state index in [1.807, 2.05) is 30.3 Å². The second-order valence-electron chi connectivity index (χ2n) is 6.85. The van der Waals surface area contributed by atoms with E-state index < -0.39 is 23.3 Å². The summed E-state index contributed by atoms with van der Waals surface area (Å²) in [6.45, 7) is 3.62. The molecule has 0 saturated heterocycles. The average Bonchev–Trinajstić information content (AvgIpc) is 2.99. The Morgan fingerprint density at radius 1 is 1.15 bits per heavy atom. The van der Waals surface area contributed by atoms with Gasteiger partial charge in [0.1, 0.15) is 17.5 Å². The molecule has 3 rings (SSSR count). The largest absolute Gasteiger partial charge is 0.388 e. The summed E-state index contributed by atoms with van der Waals surface area (Å²) >= 11 is 0. The molecule has 1 unspecified atom stereocenters. The van der Waals surface area contributed by atoms with Crippen LogP contribution in [-0.2, 0) is 6.54 Å². The predicted octanol–water partition coefficient (Wildman–Crippen LogP) is 3.65. The van der Waals surface area contributed by atoms with Crippen LogP contribution in [-0.4, -0.2) is 20.3 Å². The van der Waals surface area contributed by atoms with Crippen LogP contribution in [0.3, 0.4) is 0 Å². The van der Waals surface area contributed by atoms with E-state index >= 15 is 0 Å². The highest BCUT2D eigenvalue weighted by molar-refractivity contribution is 5.59. The molecule has 0 radical (unpaired) electrons. The second-order valence-corrected chi connectivity index (χ2v) is 6.85. The third-order valence-corrected chi connectivity index (χ3v) is 4.25. The summed E-state index contributed by atoms with van der Waals surface area (Å²) in [7, 11) is 0. The molecule has 0 saturated carbocycles. The molecule has 0 fully saturated rings. The van der Waals surface area contributed by atoms with Gasteiger partial charge in [-0.05, 0) is 37.6 Å². The third kappa shape index (κ3) is 3.81. The van der Waals surface area contributed by atoms with E-state index in [-0.39, 0.29) is 11.3 Å². The first kappa shape index (κ1) is 18.2. The Kier molecular flexibility index (Phi) is 4.89. The Labute approximate surface area is 150 Å². The molecule has 0 aliphatic carbocycles. The first-order chi connectivity index (χ1) is 12.3. The minimum absolute atomic E-state index is 0.0565. The summed E-state index contributed by atoms with van der Waals surface area (Å²) in [5, 5.41) is 10.3. The van der Waals surface area contributed by atoms with Crippen LogP contribution in [0.4, 0.5) is 8.78 Å². The molecule has 0 amide bonds. The Hall–Kier alpha value is -2.57. The molecule has 1 heterocycles. The van der Waals surface area contributed by atoms with Gasteiger partial charge in [0.15, 0.2) is 0 Å². The maximum Gasteiger partial charge on any atom is 0.132 e. The topological polar surface area (TPSA) is 64.1 Å². The van der Waals surface area contributed by atoms with E-state index in [0.29, 0.717) is 12.4 Å². The second kappa shape index (κ2) is 6.97. The predicted molar refractivity (Wildman–Crippen MR) is 96.3 cm³/mol. The van der Waals surface area contributed by atoms with Crippen molar-refractivity contribution in [1.82, 2.24) is 9.55 Å². The normalized spacial score (nSPS) is 13.0. The monoisotopic (exact) mass is 357 g/mol. The highest BCUT2D eigenvalue weighted by Gasteiger charge is 2.29. The summed E-state index contributed by atoms with van der Waals surface area (Å²) in [5.41, 5.74) is 6.29. The highest BCUT2D eigenvalue weighted by Crippen LogP contribution is 2.28. The first-order valence-electron chi connectivity index (χ1n) is 8.30. The van der Waals surface area contributed by atoms with Crippen molar-refractivity contribution in [1.29, 1.82) is 0 Å². The van der Waals surface area contributed by atoms with Crippen LogP contribution in [0.5, 0.6) is 0 Å². The van der Waals surface area contributed by atoms with Gasteiger partial charge in [-0.2, -0.15) is 0 Å². The van der Waals surface area contributed by atoms with Crippen molar-refractivity contribution in [2.24, 2.45) is 5.73 Å². The number of hydrogen-bond acceptors (Lipinski definition) is 3. The van der Waals surface area contributed by atoms with Crippen molar-refractivity contribution in [2.45, 2.75) is 32.0 Å². The van der Waals surface area contributed by atoms with Gasteiger partial charge in [0.25, 0.3) is 0 Å². The van der Waals surface area contributed by atoms with Crippen LogP contribution in [0.25, 0.3) is 11.3 Å². The number of imidazole rings is 1. The Morgan fingerprint density at radius 2 is 1.85 bits per heavy atom. The lowest BCUT2D eigenvalue weighted by Gasteiger charge is -2.25. The molecule has 136 valence electrons. The fourth-order valence-electron chi connectivity index (χ4n) is 2.72. The van der Waals surface area contributed by atoms with Crippen molar-refractivity contribution < 1.29 is 13.9 Å². The van der Waals surface area contributed by atoms with Gasteiger partial charge in [-0.25, -0.2) is 13.8 Å². The average molecular weight is 357 g/mol. The lowest BCUT2D eigenvalue weighted by Crippen LogP contribution is -2.37. The number of benzene rings is 2. The zero-order chi connectivity index (χ0) is 18.9. The maximum atomic E-state index is 14.2. The van der Waals surface area contributed by atoms with Crippen molar-refractivity contribution in [3.63, 3.8) is 0 Å². The zero-order valence-electron chi connectivity index (χ0n) is 14.7. The van der Waals surface area contributed by atoms with Gasteiger partial charge < -0.3 is 15.4 Å². The number of hydrogen-bond donors (Lipinski definition) is 2. The van der Waals surface area contributed by atoms with Gasteiger partial charge in [0, 0.05) is 18.3 Å². The van der Waals surface area contributed by atoms with Gasteiger partial charge >= 0.3 is 0 Å². The van der Waals surface area contributed by atoms with Crippen molar-refractivity contribution >= 4 is 0 Å². The van der Waals surface area contributed by atoms with Crippen molar-refractivity contribution in [3.05, 3.63) is 77.8 Å². The summed E-state index contributed by atoms with van der Waals surface area (Å²) < 4.78 is 29.5. The molecule has 2 aromatic carbocycles. The van der Waals surface area contributed by atoms with E-state index in [0.717, 1.165) is 23.8 Å². The minimum Gasteiger partial charge on any atom is -0.388 e. The van der Waals surface area contributed by atoms with Crippen molar-refractivity contribution in [3.8, 4) is 11.3 Å². The Balaban J connectivity index is 2.09. The standard InChI is InChI=1S/C20H21F2N3O/c1-20(2,26)18(23)19-24-17(15-10-14(21)8-9-16(15)22)12-25(19)11-13-6-4-3-5-7-13/h3-10,12,18,26H,11,23H2,1-2H3. The van der Waals surface area contributed by atoms with Gasteiger partial charge in [0.05, 0.1) is 17.3 Å². The van der Waals surface area contributed by atoms with Crippen LogP contribution in [0.15, 0.2) is 54.7 Å². The molecule has 0 aliphatic rings. The summed E-state index contributed by atoms with van der Waals surface area (Å²) in [4.78, 5) is 4.42. The summed E-state index contributed by atoms with van der Waals surface area (Å²) in [6.07, 6.45) is 1.63. The van der Waals surface area contributed by atoms with E-state index in [9.17, 15) is 13.9 Å². The zero-order valence-corrected chi connectivity index (χ0v) is 14.7. The number of rotatable bonds is 5. The summed E-state index contributed by atoms with van der Waals surface area (Å²) in [5.74, 6) is -0.716. The molecule has 0 spiro atoms. The van der Waals surface area contributed by atoms with Gasteiger partial charge in [-0.3, -0.25) is 0 Å². The van der Waals surface area contributed by atoms with E-state index in [1.54, 1.807) is 24.6 Å². The van der Waals surface area contributed by atoms with E-state index in [4.69, 9.17) is 5.73 Å². The smallest absolute Gasteiger partial charge is 0.132 e. The molecule has 1 aromatic heterocycles. The Morgan fingerprint density at radius 3 is 2.50 bits per heavy atom. The number of halogens is 2. The molecule has 0 aliphatic heterocycles. The van der Waals surface area contributed by atoms with Crippen LogP contribution in [0.1, 0.15) is 31.3 Å². The SMILES string of the molecule is CC(C)(O)C(N)c1nc(-c2cc(F)ccc2F)cn1Cc1ccccc1. The fourth-order valence-corrected chi connectivity index (χ4v) is 2.72. The number of aliphatic hydroxyl groups is 1. The van der Waals surface area contributed by atoms with E-state index in [1.165, 1.54) is 0 Å². The minimum atomic E-state index is -1.22. The van der Waals surface area contributed by atoms with Gasteiger partial charge in [-0.1, -0.05) is 30.3 Å². The number of nitrogens with zero attached hydrogens (tertiary/aromatic N) is 2. The number of aromatic nitrogens is 2. The van der Waals surface area contributed by atoms with Crippen LogP contribution < -0.4 is 5.73 Å². The van der Waals surface area contributed by atoms with Crippen LogP contribution in [0, 0.1) is 11.6 Å². The highest BCUT2D eigenvalue weighted by atomic mass is 19.1. The van der Waals surface area contributed by atoms with Gasteiger partial charge in [0.2, 0.25) is 0 Å². The molecule has 0 bridgehead atoms.